The Bertz CT molecular complexity index is 147. The van der Waals surface area contributed by atoms with Gasteiger partial charge in [-0.3, -0.25) is 0 Å². The number of methoxy groups -OCH3 is 1. The van der Waals surface area contributed by atoms with Gasteiger partial charge in [0.2, 0.25) is 0 Å². The Balaban J connectivity index is 2.74. The Labute approximate surface area is 67.9 Å². The summed E-state index contributed by atoms with van der Waals surface area (Å²) in [5.41, 5.74) is 5.66. The molecule has 1 rings (SSSR count). The summed E-state index contributed by atoms with van der Waals surface area (Å²) in [6, 6.07) is 0. The molecule has 0 aliphatic carbocycles. The fourth-order valence-corrected chi connectivity index (χ4v) is 1.39. The van der Waals surface area contributed by atoms with Crippen molar-refractivity contribution in [2.75, 3.05) is 13.7 Å². The van der Waals surface area contributed by atoms with Gasteiger partial charge >= 0.3 is 0 Å². The molecule has 0 saturated carbocycles. The molecule has 0 amide bonds. The molecule has 1 saturated heterocycles. The van der Waals surface area contributed by atoms with Crippen LogP contribution in [0.1, 0.15) is 26.7 Å². The van der Waals surface area contributed by atoms with Crippen LogP contribution in [-0.2, 0) is 9.47 Å². The van der Waals surface area contributed by atoms with Gasteiger partial charge in [0, 0.05) is 7.11 Å². The molecule has 1 aliphatic rings. The van der Waals surface area contributed by atoms with Crippen molar-refractivity contribution in [2.45, 2.75) is 38.0 Å². The lowest BCUT2D eigenvalue weighted by Crippen LogP contribution is -2.61. The van der Waals surface area contributed by atoms with Crippen LogP contribution in [0.2, 0.25) is 0 Å². The van der Waals surface area contributed by atoms with Crippen molar-refractivity contribution >= 4 is 0 Å². The topological polar surface area (TPSA) is 44.5 Å². The van der Waals surface area contributed by atoms with Crippen LogP contribution in [0.25, 0.3) is 0 Å². The van der Waals surface area contributed by atoms with Crippen LogP contribution < -0.4 is 5.73 Å². The molecule has 1 aliphatic heterocycles. The average molecular weight is 159 g/mol. The van der Waals surface area contributed by atoms with Gasteiger partial charge in [-0.05, 0) is 26.7 Å². The summed E-state index contributed by atoms with van der Waals surface area (Å²) >= 11 is 0. The standard InChI is InChI=1S/C8H17NO2/c1-7(9)5-4-6-11-8(7,2)10-3/h4-6,9H2,1-3H3. The van der Waals surface area contributed by atoms with Gasteiger partial charge in [-0.25, -0.2) is 0 Å². The number of rotatable bonds is 1. The van der Waals surface area contributed by atoms with E-state index in [1.54, 1.807) is 7.11 Å². The van der Waals surface area contributed by atoms with E-state index in [-0.39, 0.29) is 5.54 Å². The first-order chi connectivity index (χ1) is 5.02. The molecular formula is C8H17NO2. The van der Waals surface area contributed by atoms with E-state index in [2.05, 4.69) is 0 Å². The van der Waals surface area contributed by atoms with Crippen molar-refractivity contribution < 1.29 is 9.47 Å². The summed E-state index contributed by atoms with van der Waals surface area (Å²) < 4.78 is 10.7. The Morgan fingerprint density at radius 1 is 1.45 bits per heavy atom. The number of ether oxygens (including phenoxy) is 2. The highest BCUT2D eigenvalue weighted by Crippen LogP contribution is 2.32. The molecule has 0 spiro atoms. The Morgan fingerprint density at radius 2 is 2.09 bits per heavy atom. The monoisotopic (exact) mass is 159 g/mol. The molecule has 3 heteroatoms. The van der Waals surface area contributed by atoms with Gasteiger partial charge < -0.3 is 15.2 Å². The highest BCUT2D eigenvalue weighted by Gasteiger charge is 2.45. The molecule has 3 nitrogen and oxygen atoms in total. The van der Waals surface area contributed by atoms with Crippen LogP contribution in [0.15, 0.2) is 0 Å². The van der Waals surface area contributed by atoms with Gasteiger partial charge in [0.25, 0.3) is 0 Å². The first kappa shape index (κ1) is 8.97. The molecule has 0 aromatic rings. The lowest BCUT2D eigenvalue weighted by atomic mass is 9.86. The van der Waals surface area contributed by atoms with Gasteiger partial charge in [-0.15, -0.1) is 0 Å². The van der Waals surface area contributed by atoms with Crippen molar-refractivity contribution in [2.24, 2.45) is 5.73 Å². The van der Waals surface area contributed by atoms with Gasteiger partial charge in [0.1, 0.15) is 0 Å². The summed E-state index contributed by atoms with van der Waals surface area (Å²) in [6.45, 7) is 4.61. The van der Waals surface area contributed by atoms with Crippen molar-refractivity contribution in [3.8, 4) is 0 Å². The second-order valence-electron chi connectivity index (χ2n) is 3.52. The highest BCUT2D eigenvalue weighted by atomic mass is 16.7. The minimum atomic E-state index is -0.606. The zero-order valence-electron chi connectivity index (χ0n) is 7.52. The Hall–Kier alpha value is -0.120. The van der Waals surface area contributed by atoms with E-state index in [9.17, 15) is 0 Å². The highest BCUT2D eigenvalue weighted by molar-refractivity contribution is 4.94. The van der Waals surface area contributed by atoms with Gasteiger partial charge in [-0.1, -0.05) is 0 Å². The molecule has 2 unspecified atom stereocenters. The van der Waals surface area contributed by atoms with Crippen LogP contribution in [0.3, 0.4) is 0 Å². The maximum atomic E-state index is 6.02. The van der Waals surface area contributed by atoms with E-state index in [0.29, 0.717) is 0 Å². The quantitative estimate of drug-likeness (QED) is 0.617. The third-order valence-corrected chi connectivity index (χ3v) is 2.64. The van der Waals surface area contributed by atoms with Crippen LogP contribution >= 0.6 is 0 Å². The lowest BCUT2D eigenvalue weighted by molar-refractivity contribution is -0.264. The van der Waals surface area contributed by atoms with Gasteiger partial charge in [-0.2, -0.15) is 0 Å². The van der Waals surface area contributed by atoms with E-state index in [1.165, 1.54) is 0 Å². The Morgan fingerprint density at radius 3 is 2.45 bits per heavy atom. The predicted molar refractivity (Wildman–Crippen MR) is 43.2 cm³/mol. The SMILES string of the molecule is COC1(C)OCCCC1(C)N. The molecule has 11 heavy (non-hydrogen) atoms. The molecule has 0 aromatic carbocycles. The van der Waals surface area contributed by atoms with Gasteiger partial charge in [0.15, 0.2) is 5.79 Å². The number of hydrogen-bond donors (Lipinski definition) is 1. The smallest absolute Gasteiger partial charge is 0.182 e. The molecule has 1 fully saturated rings. The second kappa shape index (κ2) is 2.73. The van der Waals surface area contributed by atoms with Crippen molar-refractivity contribution in [3.63, 3.8) is 0 Å². The largest absolute Gasteiger partial charge is 0.352 e. The molecule has 2 N–H and O–H groups in total. The maximum absolute atomic E-state index is 6.02. The molecular weight excluding hydrogens is 142 g/mol. The van der Waals surface area contributed by atoms with E-state index in [0.717, 1.165) is 19.4 Å². The molecule has 1 heterocycles. The first-order valence-corrected chi connectivity index (χ1v) is 4.00. The second-order valence-corrected chi connectivity index (χ2v) is 3.52. The first-order valence-electron chi connectivity index (χ1n) is 4.00. The number of nitrogens with two attached hydrogens (primary N) is 1. The summed E-state index contributed by atoms with van der Waals surface area (Å²) in [5.74, 6) is -0.606. The van der Waals surface area contributed by atoms with Crippen LogP contribution in [0, 0.1) is 0 Å². The van der Waals surface area contributed by atoms with Crippen LogP contribution in [-0.4, -0.2) is 25.0 Å². The zero-order valence-corrected chi connectivity index (χ0v) is 7.52. The third-order valence-electron chi connectivity index (χ3n) is 2.64. The lowest BCUT2D eigenvalue weighted by Gasteiger charge is -2.45. The fourth-order valence-electron chi connectivity index (χ4n) is 1.39. The summed E-state index contributed by atoms with van der Waals surface area (Å²) in [5, 5.41) is 0. The fraction of sp³-hybridized carbons (Fsp3) is 1.00. The van der Waals surface area contributed by atoms with E-state index in [4.69, 9.17) is 15.2 Å². The zero-order chi connectivity index (χ0) is 8.54. The van der Waals surface area contributed by atoms with E-state index in [1.807, 2.05) is 13.8 Å². The predicted octanol–water partition coefficient (Wildman–Crippen LogP) is 0.877. The molecule has 0 bridgehead atoms. The molecule has 0 radical (unpaired) electrons. The minimum Gasteiger partial charge on any atom is -0.352 e. The average Bonchev–Trinajstić information content (AvgIpc) is 1.95. The van der Waals surface area contributed by atoms with E-state index >= 15 is 0 Å². The van der Waals surface area contributed by atoms with Crippen LogP contribution in [0.4, 0.5) is 0 Å². The third kappa shape index (κ3) is 1.41. The number of hydrogen-bond acceptors (Lipinski definition) is 3. The van der Waals surface area contributed by atoms with Crippen LogP contribution in [0.5, 0.6) is 0 Å². The summed E-state index contributed by atoms with van der Waals surface area (Å²) in [6.07, 6.45) is 1.98. The molecule has 2 atom stereocenters. The Kier molecular flexibility index (Phi) is 2.23. The van der Waals surface area contributed by atoms with Crippen molar-refractivity contribution in [3.05, 3.63) is 0 Å². The van der Waals surface area contributed by atoms with E-state index < -0.39 is 5.79 Å². The summed E-state index contributed by atoms with van der Waals surface area (Å²) in [7, 11) is 1.64. The molecule has 66 valence electrons. The summed E-state index contributed by atoms with van der Waals surface area (Å²) in [4.78, 5) is 0. The minimum absolute atomic E-state index is 0.361. The van der Waals surface area contributed by atoms with Crippen molar-refractivity contribution in [1.29, 1.82) is 0 Å². The van der Waals surface area contributed by atoms with Crippen molar-refractivity contribution in [1.82, 2.24) is 0 Å². The maximum Gasteiger partial charge on any atom is 0.182 e. The molecule has 0 aromatic heterocycles. The van der Waals surface area contributed by atoms with Gasteiger partial charge in [0.05, 0.1) is 12.1 Å². The normalized spacial score (nSPS) is 45.8.